The van der Waals surface area contributed by atoms with Gasteiger partial charge in [0.05, 0.1) is 5.69 Å². The molecule has 0 bridgehead atoms. The van der Waals surface area contributed by atoms with E-state index in [-0.39, 0.29) is 11.2 Å². The normalized spacial score (nSPS) is 10.5. The number of aromatic hydroxyl groups is 1. The van der Waals surface area contributed by atoms with Crippen molar-refractivity contribution in [2.45, 2.75) is 26.3 Å². The molecule has 0 aromatic carbocycles. The minimum atomic E-state index is -0.310. The van der Waals surface area contributed by atoms with Crippen LogP contribution >= 0.6 is 0 Å². The highest BCUT2D eigenvalue weighted by Crippen LogP contribution is 2.12. The highest BCUT2D eigenvalue weighted by Gasteiger charge is 2.07. The number of aryl methyl sites for hydroxylation is 1. The molecule has 0 saturated heterocycles. The molecule has 1 aromatic heterocycles. The van der Waals surface area contributed by atoms with E-state index in [4.69, 9.17) is 4.74 Å². The lowest BCUT2D eigenvalue weighted by atomic mass is 10.2. The molecule has 0 aliphatic carbocycles. The van der Waals surface area contributed by atoms with Crippen LogP contribution in [0.4, 0.5) is 0 Å². The van der Waals surface area contributed by atoms with E-state index in [2.05, 4.69) is 0 Å². The monoisotopic (exact) mass is 211 g/mol. The fourth-order valence-corrected chi connectivity index (χ4v) is 1.56. The Morgan fingerprint density at radius 2 is 2.27 bits per heavy atom. The lowest BCUT2D eigenvalue weighted by Crippen LogP contribution is -2.13. The molecule has 0 aliphatic heterocycles. The average Bonchev–Trinajstić information content (AvgIpc) is 2.24. The maximum absolute atomic E-state index is 11.2. The van der Waals surface area contributed by atoms with Gasteiger partial charge in [0.2, 0.25) is 5.43 Å². The van der Waals surface area contributed by atoms with Crippen LogP contribution in [0.2, 0.25) is 0 Å². The van der Waals surface area contributed by atoms with Gasteiger partial charge in [0.25, 0.3) is 0 Å². The Hall–Kier alpha value is -1.29. The summed E-state index contributed by atoms with van der Waals surface area (Å²) < 4.78 is 6.85. The summed E-state index contributed by atoms with van der Waals surface area (Å²) >= 11 is 0. The third-order valence-electron chi connectivity index (χ3n) is 2.34. The molecule has 0 spiro atoms. The number of nitrogens with zero attached hydrogens (tertiary/aromatic N) is 1. The van der Waals surface area contributed by atoms with Crippen LogP contribution in [0.15, 0.2) is 17.1 Å². The van der Waals surface area contributed by atoms with E-state index in [1.54, 1.807) is 13.3 Å². The summed E-state index contributed by atoms with van der Waals surface area (Å²) in [4.78, 5) is 11.2. The van der Waals surface area contributed by atoms with Gasteiger partial charge in [-0.05, 0) is 12.8 Å². The number of aromatic nitrogens is 1. The highest BCUT2D eigenvalue weighted by molar-refractivity contribution is 5.26. The van der Waals surface area contributed by atoms with Crippen LogP contribution in [-0.2, 0) is 17.7 Å². The Labute approximate surface area is 89.1 Å². The number of pyridine rings is 1. The Morgan fingerprint density at radius 3 is 2.87 bits per heavy atom. The Balaban J connectivity index is 2.87. The molecule has 84 valence electrons. The molecular weight excluding hydrogens is 194 g/mol. The lowest BCUT2D eigenvalue weighted by Gasteiger charge is -2.12. The molecule has 0 fully saturated rings. The van der Waals surface area contributed by atoms with Gasteiger partial charge in [0, 0.05) is 32.5 Å². The van der Waals surface area contributed by atoms with E-state index in [1.165, 1.54) is 6.07 Å². The fraction of sp³-hybridized carbons (Fsp3) is 0.545. The predicted molar refractivity (Wildman–Crippen MR) is 58.2 cm³/mol. The second kappa shape index (κ2) is 5.56. The molecule has 1 aromatic rings. The van der Waals surface area contributed by atoms with Crippen LogP contribution in [0.1, 0.15) is 19.0 Å². The number of hydrogen-bond acceptors (Lipinski definition) is 3. The number of rotatable bonds is 5. The van der Waals surface area contributed by atoms with Gasteiger partial charge >= 0.3 is 0 Å². The van der Waals surface area contributed by atoms with Crippen LogP contribution in [0.3, 0.4) is 0 Å². The molecular formula is C11H17NO3. The van der Waals surface area contributed by atoms with Crippen molar-refractivity contribution in [3.63, 3.8) is 0 Å². The smallest absolute Gasteiger partial charge is 0.223 e. The van der Waals surface area contributed by atoms with Gasteiger partial charge in [-0.3, -0.25) is 4.79 Å². The quantitative estimate of drug-likeness (QED) is 0.743. The minimum Gasteiger partial charge on any atom is -0.503 e. The van der Waals surface area contributed by atoms with E-state index in [9.17, 15) is 9.90 Å². The minimum absolute atomic E-state index is 0.127. The molecule has 0 unspecified atom stereocenters. The number of ether oxygens (including phenoxy) is 1. The molecule has 1 N–H and O–H groups in total. The standard InChI is InChI=1S/C11H17NO3/c1-3-9-11(14)10(13)5-7-12(9)6-4-8-15-2/h5,7,14H,3-4,6,8H2,1-2H3. The van der Waals surface area contributed by atoms with Gasteiger partial charge in [-0.25, -0.2) is 0 Å². The van der Waals surface area contributed by atoms with Crippen molar-refractivity contribution < 1.29 is 9.84 Å². The summed E-state index contributed by atoms with van der Waals surface area (Å²) in [6.45, 7) is 3.35. The highest BCUT2D eigenvalue weighted by atomic mass is 16.5. The average molecular weight is 211 g/mol. The molecule has 1 heterocycles. The molecule has 1 rings (SSSR count). The predicted octanol–water partition coefficient (Wildman–Crippen LogP) is 1.15. The van der Waals surface area contributed by atoms with E-state index < -0.39 is 0 Å². The molecule has 15 heavy (non-hydrogen) atoms. The van der Waals surface area contributed by atoms with Gasteiger partial charge in [0.15, 0.2) is 5.75 Å². The first-order chi connectivity index (χ1) is 7.20. The van der Waals surface area contributed by atoms with Crippen molar-refractivity contribution in [1.82, 2.24) is 4.57 Å². The second-order valence-electron chi connectivity index (χ2n) is 3.37. The zero-order valence-electron chi connectivity index (χ0n) is 9.19. The Bertz CT molecular complexity index is 371. The van der Waals surface area contributed by atoms with Crippen LogP contribution < -0.4 is 5.43 Å². The van der Waals surface area contributed by atoms with Gasteiger partial charge in [-0.2, -0.15) is 0 Å². The summed E-state index contributed by atoms with van der Waals surface area (Å²) in [5, 5.41) is 9.57. The van der Waals surface area contributed by atoms with Crippen LogP contribution in [-0.4, -0.2) is 23.4 Å². The SMILES string of the molecule is CCc1c(O)c(=O)ccn1CCCOC. The van der Waals surface area contributed by atoms with Gasteiger partial charge in [-0.15, -0.1) is 0 Å². The molecule has 4 nitrogen and oxygen atoms in total. The van der Waals surface area contributed by atoms with Crippen LogP contribution in [0, 0.1) is 0 Å². The zero-order chi connectivity index (χ0) is 11.3. The molecule has 0 saturated carbocycles. The van der Waals surface area contributed by atoms with Crippen molar-refractivity contribution in [2.75, 3.05) is 13.7 Å². The van der Waals surface area contributed by atoms with Gasteiger partial charge in [0.1, 0.15) is 0 Å². The summed E-state index contributed by atoms with van der Waals surface area (Å²) in [6, 6.07) is 1.39. The lowest BCUT2D eigenvalue weighted by molar-refractivity contribution is 0.190. The number of hydrogen-bond donors (Lipinski definition) is 1. The fourth-order valence-electron chi connectivity index (χ4n) is 1.56. The molecule has 4 heteroatoms. The van der Waals surface area contributed by atoms with E-state index in [0.29, 0.717) is 18.7 Å². The Morgan fingerprint density at radius 1 is 1.53 bits per heavy atom. The first-order valence-corrected chi connectivity index (χ1v) is 5.11. The maximum atomic E-state index is 11.2. The molecule has 0 amide bonds. The largest absolute Gasteiger partial charge is 0.503 e. The number of methoxy groups -OCH3 is 1. The van der Waals surface area contributed by atoms with Crippen molar-refractivity contribution >= 4 is 0 Å². The third kappa shape index (κ3) is 2.83. The first kappa shape index (κ1) is 11.8. The maximum Gasteiger partial charge on any atom is 0.223 e. The van der Waals surface area contributed by atoms with Crippen molar-refractivity contribution in [2.24, 2.45) is 0 Å². The Kier molecular flexibility index (Phi) is 4.37. The topological polar surface area (TPSA) is 51.5 Å². The van der Waals surface area contributed by atoms with Crippen molar-refractivity contribution in [3.8, 4) is 5.75 Å². The van der Waals surface area contributed by atoms with Crippen LogP contribution in [0.5, 0.6) is 5.75 Å². The molecule has 0 aliphatic rings. The van der Waals surface area contributed by atoms with Crippen molar-refractivity contribution in [1.29, 1.82) is 0 Å². The van der Waals surface area contributed by atoms with E-state index in [0.717, 1.165) is 13.0 Å². The summed E-state index contributed by atoms with van der Waals surface area (Å²) in [5.41, 5.74) is 0.383. The summed E-state index contributed by atoms with van der Waals surface area (Å²) in [7, 11) is 1.66. The summed E-state index contributed by atoms with van der Waals surface area (Å²) in [6.07, 6.45) is 3.23. The van der Waals surface area contributed by atoms with E-state index >= 15 is 0 Å². The van der Waals surface area contributed by atoms with Crippen molar-refractivity contribution in [3.05, 3.63) is 28.2 Å². The summed E-state index contributed by atoms with van der Waals surface area (Å²) in [5.74, 6) is -0.127. The first-order valence-electron chi connectivity index (χ1n) is 5.11. The van der Waals surface area contributed by atoms with E-state index in [1.807, 2.05) is 11.5 Å². The van der Waals surface area contributed by atoms with Crippen LogP contribution in [0.25, 0.3) is 0 Å². The third-order valence-corrected chi connectivity index (χ3v) is 2.34. The van der Waals surface area contributed by atoms with Gasteiger partial charge in [-0.1, -0.05) is 6.92 Å². The zero-order valence-corrected chi connectivity index (χ0v) is 9.19. The van der Waals surface area contributed by atoms with Gasteiger partial charge < -0.3 is 14.4 Å². The molecule has 0 radical (unpaired) electrons. The second-order valence-corrected chi connectivity index (χ2v) is 3.37. The molecule has 0 atom stereocenters.